The predicted molar refractivity (Wildman–Crippen MR) is 87.3 cm³/mol. The van der Waals surface area contributed by atoms with Gasteiger partial charge in [0.1, 0.15) is 5.75 Å². The highest BCUT2D eigenvalue weighted by molar-refractivity contribution is 9.10. The third-order valence-corrected chi connectivity index (χ3v) is 3.79. The van der Waals surface area contributed by atoms with Crippen LogP contribution >= 0.6 is 15.9 Å². The van der Waals surface area contributed by atoms with Crippen LogP contribution in [0.1, 0.15) is 24.0 Å². The molecule has 20 heavy (non-hydrogen) atoms. The maximum Gasteiger partial charge on any atom is 0.119 e. The summed E-state index contributed by atoms with van der Waals surface area (Å²) in [6, 6.07) is 16.6. The van der Waals surface area contributed by atoms with Gasteiger partial charge in [0.25, 0.3) is 0 Å². The van der Waals surface area contributed by atoms with Gasteiger partial charge in [0.15, 0.2) is 0 Å². The summed E-state index contributed by atoms with van der Waals surface area (Å²) in [6.07, 6.45) is 0.924. The van der Waals surface area contributed by atoms with Crippen LogP contribution in [0.2, 0.25) is 0 Å². The highest BCUT2D eigenvalue weighted by atomic mass is 79.9. The molecule has 0 radical (unpaired) electrons. The first-order valence-corrected chi connectivity index (χ1v) is 7.69. The molecule has 0 fully saturated rings. The lowest BCUT2D eigenvalue weighted by molar-refractivity contribution is 0.340. The van der Waals surface area contributed by atoms with Gasteiger partial charge in [-0.25, -0.2) is 0 Å². The molecule has 2 rings (SSSR count). The zero-order chi connectivity index (χ0) is 14.4. The number of hydrogen-bond donors (Lipinski definition) is 1. The molecular formula is C17H20BrNO. The van der Waals surface area contributed by atoms with Gasteiger partial charge in [-0.05, 0) is 55.3 Å². The molecule has 0 bridgehead atoms. The Hall–Kier alpha value is -1.32. The molecule has 2 aromatic rings. The van der Waals surface area contributed by atoms with Crippen molar-refractivity contribution in [1.29, 1.82) is 0 Å². The summed E-state index contributed by atoms with van der Waals surface area (Å²) in [6.45, 7) is 3.32. The van der Waals surface area contributed by atoms with Crippen LogP contribution in [-0.4, -0.2) is 13.2 Å². The fourth-order valence-electron chi connectivity index (χ4n) is 2.31. The summed E-state index contributed by atoms with van der Waals surface area (Å²) in [5.41, 5.74) is 8.48. The molecule has 3 heteroatoms. The van der Waals surface area contributed by atoms with Crippen LogP contribution in [0.5, 0.6) is 5.75 Å². The van der Waals surface area contributed by atoms with Crippen molar-refractivity contribution in [1.82, 2.24) is 0 Å². The average molecular weight is 334 g/mol. The predicted octanol–water partition coefficient (Wildman–Crippen LogP) is 4.13. The maximum atomic E-state index is 5.95. The molecule has 1 atom stereocenters. The summed E-state index contributed by atoms with van der Waals surface area (Å²) in [5, 5.41) is 0. The van der Waals surface area contributed by atoms with E-state index < -0.39 is 0 Å². The van der Waals surface area contributed by atoms with Crippen LogP contribution in [0.15, 0.2) is 53.0 Å². The molecule has 0 heterocycles. The lowest BCUT2D eigenvalue weighted by Crippen LogP contribution is -2.15. The normalized spacial score (nSPS) is 12.2. The Balaban J connectivity index is 2.15. The molecule has 0 saturated heterocycles. The van der Waals surface area contributed by atoms with Crippen molar-refractivity contribution in [2.24, 2.45) is 5.73 Å². The van der Waals surface area contributed by atoms with Crippen LogP contribution < -0.4 is 10.5 Å². The van der Waals surface area contributed by atoms with E-state index in [-0.39, 0.29) is 0 Å². The standard InChI is InChI=1S/C17H20BrNO/c1-2-20-17-8-3-5-13(10-17)9-15(12-19)14-6-4-7-16(18)11-14/h3-8,10-11,15H,2,9,12,19H2,1H3. The molecule has 0 aromatic heterocycles. The Morgan fingerprint density at radius 1 is 1.15 bits per heavy atom. The molecule has 0 amide bonds. The van der Waals surface area contributed by atoms with Crippen molar-refractivity contribution in [3.63, 3.8) is 0 Å². The quantitative estimate of drug-likeness (QED) is 0.862. The van der Waals surface area contributed by atoms with Gasteiger partial charge in [0.05, 0.1) is 6.61 Å². The number of halogens is 1. The van der Waals surface area contributed by atoms with E-state index in [2.05, 4.69) is 46.3 Å². The Labute approximate surface area is 129 Å². The first-order chi connectivity index (χ1) is 9.72. The van der Waals surface area contributed by atoms with Gasteiger partial charge in [-0.15, -0.1) is 0 Å². The van der Waals surface area contributed by atoms with Crippen molar-refractivity contribution < 1.29 is 4.74 Å². The van der Waals surface area contributed by atoms with E-state index in [0.717, 1.165) is 16.6 Å². The zero-order valence-electron chi connectivity index (χ0n) is 11.7. The van der Waals surface area contributed by atoms with Crippen LogP contribution in [0.25, 0.3) is 0 Å². The number of ether oxygens (including phenoxy) is 1. The largest absolute Gasteiger partial charge is 0.494 e. The summed E-state index contributed by atoms with van der Waals surface area (Å²) >= 11 is 3.52. The molecule has 0 saturated carbocycles. The first kappa shape index (κ1) is 15.1. The highest BCUT2D eigenvalue weighted by Gasteiger charge is 2.11. The molecule has 0 aliphatic carbocycles. The molecular weight excluding hydrogens is 314 g/mol. The SMILES string of the molecule is CCOc1cccc(CC(CN)c2cccc(Br)c2)c1. The minimum absolute atomic E-state index is 0.323. The first-order valence-electron chi connectivity index (χ1n) is 6.90. The summed E-state index contributed by atoms with van der Waals surface area (Å²) < 4.78 is 6.64. The van der Waals surface area contributed by atoms with E-state index in [1.807, 2.05) is 25.1 Å². The summed E-state index contributed by atoms with van der Waals surface area (Å²) in [4.78, 5) is 0. The van der Waals surface area contributed by atoms with Gasteiger partial charge in [-0.3, -0.25) is 0 Å². The molecule has 2 nitrogen and oxygen atoms in total. The van der Waals surface area contributed by atoms with E-state index in [9.17, 15) is 0 Å². The Morgan fingerprint density at radius 3 is 2.65 bits per heavy atom. The molecule has 0 aliphatic rings. The molecule has 0 spiro atoms. The van der Waals surface area contributed by atoms with Gasteiger partial charge >= 0.3 is 0 Å². The van der Waals surface area contributed by atoms with Crippen LogP contribution in [-0.2, 0) is 6.42 Å². The number of benzene rings is 2. The van der Waals surface area contributed by atoms with Crippen molar-refractivity contribution in [3.05, 3.63) is 64.1 Å². The number of rotatable bonds is 6. The second-order valence-corrected chi connectivity index (χ2v) is 5.69. The van der Waals surface area contributed by atoms with Crippen molar-refractivity contribution in [3.8, 4) is 5.75 Å². The van der Waals surface area contributed by atoms with Crippen molar-refractivity contribution >= 4 is 15.9 Å². The lowest BCUT2D eigenvalue weighted by atomic mass is 9.92. The summed E-state index contributed by atoms with van der Waals surface area (Å²) in [7, 11) is 0. The van der Waals surface area contributed by atoms with E-state index in [1.165, 1.54) is 11.1 Å². The van der Waals surface area contributed by atoms with E-state index in [0.29, 0.717) is 19.1 Å². The average Bonchev–Trinajstić information content (AvgIpc) is 2.45. The van der Waals surface area contributed by atoms with Crippen LogP contribution in [0.3, 0.4) is 0 Å². The topological polar surface area (TPSA) is 35.2 Å². The minimum atomic E-state index is 0.323. The maximum absolute atomic E-state index is 5.95. The van der Waals surface area contributed by atoms with Gasteiger partial charge in [0.2, 0.25) is 0 Å². The molecule has 0 aliphatic heterocycles. The minimum Gasteiger partial charge on any atom is -0.494 e. The zero-order valence-corrected chi connectivity index (χ0v) is 13.3. The Bertz CT molecular complexity index is 556. The Morgan fingerprint density at radius 2 is 1.95 bits per heavy atom. The second-order valence-electron chi connectivity index (χ2n) is 4.77. The fraction of sp³-hybridized carbons (Fsp3) is 0.294. The highest BCUT2D eigenvalue weighted by Crippen LogP contribution is 2.24. The fourth-order valence-corrected chi connectivity index (χ4v) is 2.73. The lowest BCUT2D eigenvalue weighted by Gasteiger charge is -2.16. The molecule has 2 aromatic carbocycles. The molecule has 106 valence electrons. The smallest absolute Gasteiger partial charge is 0.119 e. The molecule has 2 N–H and O–H groups in total. The van der Waals surface area contributed by atoms with Crippen molar-refractivity contribution in [2.75, 3.05) is 13.2 Å². The van der Waals surface area contributed by atoms with Crippen LogP contribution in [0.4, 0.5) is 0 Å². The third kappa shape index (κ3) is 4.09. The Kier molecular flexibility index (Phi) is 5.62. The second kappa shape index (κ2) is 7.46. The van der Waals surface area contributed by atoms with Gasteiger partial charge in [-0.2, -0.15) is 0 Å². The number of nitrogens with two attached hydrogens (primary N) is 1. The van der Waals surface area contributed by atoms with Gasteiger partial charge in [0, 0.05) is 10.4 Å². The molecule has 1 unspecified atom stereocenters. The summed E-state index contributed by atoms with van der Waals surface area (Å²) in [5.74, 6) is 1.25. The van der Waals surface area contributed by atoms with Crippen LogP contribution in [0, 0.1) is 0 Å². The van der Waals surface area contributed by atoms with Gasteiger partial charge < -0.3 is 10.5 Å². The monoisotopic (exact) mass is 333 g/mol. The third-order valence-electron chi connectivity index (χ3n) is 3.30. The van der Waals surface area contributed by atoms with Gasteiger partial charge in [-0.1, -0.05) is 40.2 Å². The number of hydrogen-bond acceptors (Lipinski definition) is 2. The van der Waals surface area contributed by atoms with E-state index >= 15 is 0 Å². The van der Waals surface area contributed by atoms with E-state index in [1.54, 1.807) is 0 Å². The van der Waals surface area contributed by atoms with Crippen molar-refractivity contribution in [2.45, 2.75) is 19.3 Å². The van der Waals surface area contributed by atoms with E-state index in [4.69, 9.17) is 10.5 Å².